The molecular formula is C13H16N2O3. The van der Waals surface area contributed by atoms with Crippen molar-refractivity contribution >= 4 is 11.7 Å². The van der Waals surface area contributed by atoms with E-state index in [1.165, 1.54) is 0 Å². The van der Waals surface area contributed by atoms with E-state index in [1.54, 1.807) is 4.90 Å². The molecule has 0 aliphatic carbocycles. The van der Waals surface area contributed by atoms with Crippen molar-refractivity contribution in [3.8, 4) is 11.5 Å². The van der Waals surface area contributed by atoms with Crippen molar-refractivity contribution < 1.29 is 14.3 Å². The van der Waals surface area contributed by atoms with Crippen LogP contribution in [0.2, 0.25) is 0 Å². The summed E-state index contributed by atoms with van der Waals surface area (Å²) < 4.78 is 11.2. The zero-order valence-electron chi connectivity index (χ0n) is 10.1. The van der Waals surface area contributed by atoms with E-state index in [0.29, 0.717) is 13.2 Å². The SMILES string of the molecule is O=C1NCCCN1c1ccc2c(c1)OCCCO2. The van der Waals surface area contributed by atoms with Gasteiger partial charge in [0.15, 0.2) is 11.5 Å². The number of hydrogen-bond acceptors (Lipinski definition) is 3. The molecule has 2 aliphatic rings. The van der Waals surface area contributed by atoms with Crippen molar-refractivity contribution in [1.29, 1.82) is 0 Å². The van der Waals surface area contributed by atoms with E-state index in [0.717, 1.165) is 43.1 Å². The normalized spacial score (nSPS) is 19.1. The average molecular weight is 248 g/mol. The van der Waals surface area contributed by atoms with E-state index in [1.807, 2.05) is 18.2 Å². The molecule has 0 spiro atoms. The maximum absolute atomic E-state index is 11.8. The van der Waals surface area contributed by atoms with Gasteiger partial charge < -0.3 is 14.8 Å². The minimum Gasteiger partial charge on any atom is -0.490 e. The third kappa shape index (κ3) is 2.08. The maximum atomic E-state index is 11.8. The minimum atomic E-state index is -0.0456. The largest absolute Gasteiger partial charge is 0.490 e. The summed E-state index contributed by atoms with van der Waals surface area (Å²) in [5.41, 5.74) is 0.858. The smallest absolute Gasteiger partial charge is 0.321 e. The topological polar surface area (TPSA) is 50.8 Å². The number of benzene rings is 1. The summed E-state index contributed by atoms with van der Waals surface area (Å²) in [6.07, 6.45) is 1.84. The number of amides is 2. The molecule has 0 unspecified atom stereocenters. The summed E-state index contributed by atoms with van der Waals surface area (Å²) in [5, 5.41) is 2.84. The Morgan fingerprint density at radius 1 is 1.11 bits per heavy atom. The van der Waals surface area contributed by atoms with Gasteiger partial charge in [-0.3, -0.25) is 4.90 Å². The molecule has 96 valence electrons. The molecule has 0 aromatic heterocycles. The van der Waals surface area contributed by atoms with Crippen molar-refractivity contribution in [2.45, 2.75) is 12.8 Å². The second kappa shape index (κ2) is 4.76. The first-order chi connectivity index (χ1) is 8.84. The molecule has 1 aromatic carbocycles. The van der Waals surface area contributed by atoms with E-state index >= 15 is 0 Å². The fraction of sp³-hybridized carbons (Fsp3) is 0.462. The molecular weight excluding hydrogens is 232 g/mol. The van der Waals surface area contributed by atoms with Crippen molar-refractivity contribution in [1.82, 2.24) is 5.32 Å². The summed E-state index contributed by atoms with van der Waals surface area (Å²) in [6, 6.07) is 5.61. The zero-order valence-corrected chi connectivity index (χ0v) is 10.1. The number of rotatable bonds is 1. The predicted molar refractivity (Wildman–Crippen MR) is 67.4 cm³/mol. The first-order valence-electron chi connectivity index (χ1n) is 6.29. The number of carbonyl (C=O) groups is 1. The summed E-state index contributed by atoms with van der Waals surface area (Å²) in [6.45, 7) is 2.82. The van der Waals surface area contributed by atoms with Gasteiger partial charge in [0.1, 0.15) is 0 Å². The van der Waals surface area contributed by atoms with Crippen LogP contribution in [0.15, 0.2) is 18.2 Å². The van der Waals surface area contributed by atoms with Gasteiger partial charge in [-0.15, -0.1) is 0 Å². The number of fused-ring (bicyclic) bond motifs is 1. The van der Waals surface area contributed by atoms with Crippen LogP contribution in [-0.2, 0) is 0 Å². The fourth-order valence-corrected chi connectivity index (χ4v) is 2.20. The van der Waals surface area contributed by atoms with Gasteiger partial charge in [-0.25, -0.2) is 4.79 Å². The Hall–Kier alpha value is -1.91. The summed E-state index contributed by atoms with van der Waals surface area (Å²) in [5.74, 6) is 1.48. The molecule has 2 heterocycles. The van der Waals surface area contributed by atoms with Crippen LogP contribution in [0.5, 0.6) is 11.5 Å². The fourth-order valence-electron chi connectivity index (χ4n) is 2.20. The third-order valence-corrected chi connectivity index (χ3v) is 3.12. The number of anilines is 1. The van der Waals surface area contributed by atoms with Gasteiger partial charge in [0.2, 0.25) is 0 Å². The Bertz CT molecular complexity index is 462. The van der Waals surface area contributed by atoms with Gasteiger partial charge in [0.25, 0.3) is 0 Å². The molecule has 5 heteroatoms. The molecule has 0 saturated carbocycles. The van der Waals surface area contributed by atoms with E-state index in [9.17, 15) is 4.79 Å². The third-order valence-electron chi connectivity index (χ3n) is 3.12. The van der Waals surface area contributed by atoms with Crippen LogP contribution in [0.1, 0.15) is 12.8 Å². The highest BCUT2D eigenvalue weighted by Gasteiger charge is 2.21. The van der Waals surface area contributed by atoms with E-state index in [2.05, 4.69) is 5.32 Å². The molecule has 5 nitrogen and oxygen atoms in total. The van der Waals surface area contributed by atoms with Crippen LogP contribution in [0, 0.1) is 0 Å². The molecule has 0 atom stereocenters. The van der Waals surface area contributed by atoms with Gasteiger partial charge in [0, 0.05) is 31.3 Å². The van der Waals surface area contributed by atoms with Gasteiger partial charge in [0.05, 0.1) is 13.2 Å². The molecule has 2 amide bonds. The van der Waals surface area contributed by atoms with E-state index in [-0.39, 0.29) is 6.03 Å². The lowest BCUT2D eigenvalue weighted by Crippen LogP contribution is -2.46. The zero-order chi connectivity index (χ0) is 12.4. The highest BCUT2D eigenvalue weighted by atomic mass is 16.5. The van der Waals surface area contributed by atoms with Gasteiger partial charge in [-0.1, -0.05) is 0 Å². The number of nitrogens with one attached hydrogen (secondary N) is 1. The molecule has 2 aliphatic heterocycles. The monoisotopic (exact) mass is 248 g/mol. The highest BCUT2D eigenvalue weighted by molar-refractivity contribution is 5.93. The Kier molecular flexibility index (Phi) is 2.96. The number of hydrogen-bond donors (Lipinski definition) is 1. The quantitative estimate of drug-likeness (QED) is 0.824. The lowest BCUT2D eigenvalue weighted by atomic mass is 10.2. The first-order valence-corrected chi connectivity index (χ1v) is 6.29. The van der Waals surface area contributed by atoms with Crippen LogP contribution < -0.4 is 19.7 Å². The first kappa shape index (κ1) is 11.2. The van der Waals surface area contributed by atoms with Gasteiger partial charge in [-0.05, 0) is 18.6 Å². The maximum Gasteiger partial charge on any atom is 0.321 e. The summed E-state index contributed by atoms with van der Waals surface area (Å²) in [7, 11) is 0. The minimum absolute atomic E-state index is 0.0456. The lowest BCUT2D eigenvalue weighted by molar-refractivity contribution is 0.243. The number of urea groups is 1. The molecule has 0 bridgehead atoms. The van der Waals surface area contributed by atoms with Crippen LogP contribution in [0.3, 0.4) is 0 Å². The van der Waals surface area contributed by atoms with Crippen LogP contribution in [-0.4, -0.2) is 32.3 Å². The Labute approximate surface area is 106 Å². The molecule has 1 saturated heterocycles. The van der Waals surface area contributed by atoms with E-state index in [4.69, 9.17) is 9.47 Å². The standard InChI is InChI=1S/C13H16N2O3/c16-13-14-5-1-6-15(13)10-3-4-11-12(9-10)18-8-2-7-17-11/h3-4,9H,1-2,5-8H2,(H,14,16). The van der Waals surface area contributed by atoms with E-state index < -0.39 is 0 Å². The Balaban J connectivity index is 1.88. The summed E-state index contributed by atoms with van der Waals surface area (Å²) in [4.78, 5) is 13.5. The second-order valence-electron chi connectivity index (χ2n) is 4.42. The molecule has 1 aromatic rings. The highest BCUT2D eigenvalue weighted by Crippen LogP contribution is 2.34. The lowest BCUT2D eigenvalue weighted by Gasteiger charge is -2.27. The predicted octanol–water partition coefficient (Wildman–Crippen LogP) is 1.77. The number of nitrogens with zero attached hydrogens (tertiary/aromatic N) is 1. The average Bonchev–Trinajstić information content (AvgIpc) is 2.63. The van der Waals surface area contributed by atoms with Crippen molar-refractivity contribution in [3.63, 3.8) is 0 Å². The van der Waals surface area contributed by atoms with Gasteiger partial charge >= 0.3 is 6.03 Å². The Morgan fingerprint density at radius 2 is 1.94 bits per heavy atom. The van der Waals surface area contributed by atoms with Gasteiger partial charge in [-0.2, -0.15) is 0 Å². The molecule has 0 radical (unpaired) electrons. The van der Waals surface area contributed by atoms with Crippen LogP contribution >= 0.6 is 0 Å². The van der Waals surface area contributed by atoms with Crippen molar-refractivity contribution in [2.24, 2.45) is 0 Å². The molecule has 18 heavy (non-hydrogen) atoms. The molecule has 3 rings (SSSR count). The van der Waals surface area contributed by atoms with Crippen molar-refractivity contribution in [2.75, 3.05) is 31.2 Å². The second-order valence-corrected chi connectivity index (χ2v) is 4.42. The van der Waals surface area contributed by atoms with Crippen LogP contribution in [0.25, 0.3) is 0 Å². The Morgan fingerprint density at radius 3 is 2.78 bits per heavy atom. The van der Waals surface area contributed by atoms with Crippen molar-refractivity contribution in [3.05, 3.63) is 18.2 Å². The number of ether oxygens (including phenoxy) is 2. The molecule has 1 N–H and O–H groups in total. The number of carbonyl (C=O) groups excluding carboxylic acids is 1. The van der Waals surface area contributed by atoms with Crippen LogP contribution in [0.4, 0.5) is 10.5 Å². The summed E-state index contributed by atoms with van der Waals surface area (Å²) >= 11 is 0. The molecule has 1 fully saturated rings.